The molecule has 0 aliphatic carbocycles. The summed E-state index contributed by atoms with van der Waals surface area (Å²) in [5, 5.41) is 0. The number of hydrogen-bond donors (Lipinski definition) is 0. The van der Waals surface area contributed by atoms with E-state index in [0.717, 1.165) is 12.0 Å². The number of nitrogens with one attached hydrogen (secondary N) is 1. The Balaban J connectivity index is 0.000000235. The van der Waals surface area contributed by atoms with Crippen LogP contribution in [-0.4, -0.2) is 13.0 Å². The lowest BCUT2D eigenvalue weighted by Gasteiger charge is -2.14. The third-order valence-corrected chi connectivity index (χ3v) is 4.18. The van der Waals surface area contributed by atoms with Crippen molar-refractivity contribution in [1.29, 1.82) is 0 Å². The van der Waals surface area contributed by atoms with Gasteiger partial charge in [-0.2, -0.15) is 0 Å². The molecule has 0 atom stereocenters. The van der Waals surface area contributed by atoms with Gasteiger partial charge in [0.05, 0.1) is 4.90 Å². The van der Waals surface area contributed by atoms with Gasteiger partial charge >= 0.3 is 0 Å². The summed E-state index contributed by atoms with van der Waals surface area (Å²) in [5.74, 6) is 0. The van der Waals surface area contributed by atoms with Gasteiger partial charge in [0.25, 0.3) is 0 Å². The molecular formula is C16H21NO3S. The Labute approximate surface area is 126 Å². The Bertz CT molecular complexity index is 672. The smallest absolute Gasteiger partial charge is 0.170 e. The molecule has 1 heterocycles. The van der Waals surface area contributed by atoms with Crippen molar-refractivity contribution in [3.05, 3.63) is 58.9 Å². The van der Waals surface area contributed by atoms with Crippen LogP contribution in [0.15, 0.2) is 41.6 Å². The molecule has 0 spiro atoms. The van der Waals surface area contributed by atoms with Gasteiger partial charge in [0.2, 0.25) is 0 Å². The van der Waals surface area contributed by atoms with Crippen LogP contribution in [0.4, 0.5) is 0 Å². The minimum atomic E-state index is -4.33. The summed E-state index contributed by atoms with van der Waals surface area (Å²) in [6.07, 6.45) is 5.04. The van der Waals surface area contributed by atoms with Gasteiger partial charge in [-0.3, -0.25) is 0 Å². The molecule has 0 saturated carbocycles. The number of aromatic amines is 1. The molecule has 0 amide bonds. The Morgan fingerprint density at radius 2 is 1.71 bits per heavy atom. The molecule has 114 valence electrons. The zero-order chi connectivity index (χ0) is 16.0. The molecule has 0 bridgehead atoms. The molecule has 0 aliphatic rings. The molecule has 5 heteroatoms. The molecule has 0 aliphatic heterocycles. The largest absolute Gasteiger partial charge is 0.744 e. The maximum absolute atomic E-state index is 10.8. The Morgan fingerprint density at radius 1 is 1.14 bits per heavy atom. The van der Waals surface area contributed by atoms with E-state index in [9.17, 15) is 13.0 Å². The van der Waals surface area contributed by atoms with Crippen molar-refractivity contribution in [2.75, 3.05) is 0 Å². The molecule has 0 fully saturated rings. The van der Waals surface area contributed by atoms with Crippen LogP contribution in [0.1, 0.15) is 29.2 Å². The van der Waals surface area contributed by atoms with E-state index < -0.39 is 10.1 Å². The summed E-state index contributed by atoms with van der Waals surface area (Å²) in [4.78, 5) is 2.93. The zero-order valence-electron chi connectivity index (χ0n) is 12.8. The van der Waals surface area contributed by atoms with Crippen LogP contribution in [0.5, 0.6) is 0 Å². The highest BCUT2D eigenvalue weighted by atomic mass is 32.2. The average molecular weight is 307 g/mol. The van der Waals surface area contributed by atoms with Gasteiger partial charge in [-0.15, -0.1) is 0 Å². The lowest BCUT2D eigenvalue weighted by molar-refractivity contribution is -0.378. The first-order chi connectivity index (χ1) is 9.75. The number of aryl methyl sites for hydroxylation is 4. The van der Waals surface area contributed by atoms with Gasteiger partial charge in [0, 0.05) is 11.6 Å². The SMILES string of the molecule is CCc1ccc[nH+]c1.Cc1cc(C)c(S(=O)(=O)[O-])c(C)c1. The number of H-pyrrole nitrogens is 1. The second-order valence-corrected chi connectivity index (χ2v) is 6.26. The molecule has 1 aromatic heterocycles. The summed E-state index contributed by atoms with van der Waals surface area (Å²) in [7, 11) is -4.33. The number of pyridine rings is 1. The zero-order valence-corrected chi connectivity index (χ0v) is 13.6. The van der Waals surface area contributed by atoms with E-state index in [4.69, 9.17) is 0 Å². The molecule has 0 saturated heterocycles. The van der Waals surface area contributed by atoms with E-state index in [0.29, 0.717) is 11.1 Å². The normalized spacial score (nSPS) is 10.7. The highest BCUT2D eigenvalue weighted by Gasteiger charge is 2.09. The van der Waals surface area contributed by atoms with E-state index in [-0.39, 0.29) is 4.90 Å². The van der Waals surface area contributed by atoms with Crippen molar-refractivity contribution >= 4 is 10.1 Å². The van der Waals surface area contributed by atoms with Crippen molar-refractivity contribution in [3.63, 3.8) is 0 Å². The molecule has 1 aromatic carbocycles. The third-order valence-electron chi connectivity index (χ3n) is 3.03. The summed E-state index contributed by atoms with van der Waals surface area (Å²) in [5.41, 5.74) is 3.36. The lowest BCUT2D eigenvalue weighted by Crippen LogP contribution is -2.04. The van der Waals surface area contributed by atoms with Crippen LogP contribution in [0, 0.1) is 20.8 Å². The van der Waals surface area contributed by atoms with Gasteiger partial charge in [-0.25, -0.2) is 13.4 Å². The van der Waals surface area contributed by atoms with Crippen LogP contribution < -0.4 is 4.98 Å². The van der Waals surface area contributed by atoms with Gasteiger partial charge in [-0.1, -0.05) is 24.6 Å². The third kappa shape index (κ3) is 5.28. The molecule has 2 aromatic rings. The van der Waals surface area contributed by atoms with Crippen LogP contribution in [0.3, 0.4) is 0 Å². The van der Waals surface area contributed by atoms with Crippen molar-refractivity contribution in [3.8, 4) is 0 Å². The minimum absolute atomic E-state index is 0.0851. The fraction of sp³-hybridized carbons (Fsp3) is 0.312. The average Bonchev–Trinajstić information content (AvgIpc) is 2.37. The first kappa shape index (κ1) is 17.3. The van der Waals surface area contributed by atoms with Gasteiger partial charge in [0.15, 0.2) is 12.4 Å². The highest BCUT2D eigenvalue weighted by Crippen LogP contribution is 2.20. The van der Waals surface area contributed by atoms with E-state index >= 15 is 0 Å². The lowest BCUT2D eigenvalue weighted by atomic mass is 10.1. The number of rotatable bonds is 2. The number of benzene rings is 1. The van der Waals surface area contributed by atoms with E-state index in [1.807, 2.05) is 25.4 Å². The monoisotopic (exact) mass is 307 g/mol. The van der Waals surface area contributed by atoms with Crippen LogP contribution in [-0.2, 0) is 16.5 Å². The van der Waals surface area contributed by atoms with Crippen LogP contribution in [0.25, 0.3) is 0 Å². The number of hydrogen-bond acceptors (Lipinski definition) is 3. The molecule has 4 nitrogen and oxygen atoms in total. The predicted molar refractivity (Wildman–Crippen MR) is 81.0 cm³/mol. The first-order valence-corrected chi connectivity index (χ1v) is 8.15. The maximum atomic E-state index is 10.8. The topological polar surface area (TPSA) is 71.3 Å². The predicted octanol–water partition coefficient (Wildman–Crippen LogP) is 2.58. The molecule has 0 unspecified atom stereocenters. The molecule has 21 heavy (non-hydrogen) atoms. The summed E-state index contributed by atoms with van der Waals surface area (Å²) < 4.78 is 32.5. The second-order valence-electron chi connectivity index (χ2n) is 4.95. The van der Waals surface area contributed by atoms with Crippen molar-refractivity contribution < 1.29 is 18.0 Å². The standard InChI is InChI=1S/C9H12O3S.C7H9N/c1-6-4-7(2)9(8(3)5-6)13(10,11)12;1-2-7-4-3-5-8-6-7/h4-5H,1-3H3,(H,10,11,12);3-6H,2H2,1H3. The Hall–Kier alpha value is -1.72. The Morgan fingerprint density at radius 3 is 2.05 bits per heavy atom. The quantitative estimate of drug-likeness (QED) is 0.801. The van der Waals surface area contributed by atoms with Crippen molar-refractivity contribution in [2.24, 2.45) is 0 Å². The van der Waals surface area contributed by atoms with Gasteiger partial charge in [-0.05, 0) is 44.4 Å². The molecular weight excluding hydrogens is 286 g/mol. The Kier molecular flexibility index (Phi) is 6.05. The highest BCUT2D eigenvalue weighted by molar-refractivity contribution is 7.85. The first-order valence-electron chi connectivity index (χ1n) is 6.74. The maximum Gasteiger partial charge on any atom is 0.170 e. The molecule has 0 radical (unpaired) electrons. The van der Waals surface area contributed by atoms with Gasteiger partial charge < -0.3 is 4.55 Å². The molecule has 2 rings (SSSR count). The van der Waals surface area contributed by atoms with E-state index in [2.05, 4.69) is 18.0 Å². The van der Waals surface area contributed by atoms with E-state index in [1.165, 1.54) is 5.56 Å². The molecule has 1 N–H and O–H groups in total. The minimum Gasteiger partial charge on any atom is -0.744 e. The second kappa shape index (κ2) is 7.33. The summed E-state index contributed by atoms with van der Waals surface area (Å²) in [6, 6.07) is 7.50. The van der Waals surface area contributed by atoms with Crippen LogP contribution in [0.2, 0.25) is 0 Å². The van der Waals surface area contributed by atoms with Gasteiger partial charge in [0.1, 0.15) is 10.1 Å². The summed E-state index contributed by atoms with van der Waals surface area (Å²) >= 11 is 0. The van der Waals surface area contributed by atoms with E-state index in [1.54, 1.807) is 26.0 Å². The fourth-order valence-electron chi connectivity index (χ4n) is 2.21. The van der Waals surface area contributed by atoms with Crippen LogP contribution >= 0.6 is 0 Å². The van der Waals surface area contributed by atoms with Crippen molar-refractivity contribution in [2.45, 2.75) is 39.0 Å². The fourth-order valence-corrected chi connectivity index (χ4v) is 3.12. The summed E-state index contributed by atoms with van der Waals surface area (Å²) in [6.45, 7) is 7.26. The van der Waals surface area contributed by atoms with Crippen molar-refractivity contribution in [1.82, 2.24) is 0 Å². The number of aromatic nitrogens is 1.